The monoisotopic (exact) mass is 259 g/mol. The van der Waals surface area contributed by atoms with E-state index in [-0.39, 0.29) is 0 Å². The van der Waals surface area contributed by atoms with Gasteiger partial charge in [-0.05, 0) is 38.5 Å². The van der Waals surface area contributed by atoms with Crippen molar-refractivity contribution in [2.45, 2.75) is 26.4 Å². The highest BCUT2D eigenvalue weighted by Crippen LogP contribution is 2.20. The summed E-state index contributed by atoms with van der Waals surface area (Å²) in [6.07, 6.45) is 2.77. The lowest BCUT2D eigenvalue weighted by Gasteiger charge is -2.18. The highest BCUT2D eigenvalue weighted by molar-refractivity contribution is 5.73. The lowest BCUT2D eigenvalue weighted by Crippen LogP contribution is -2.27. The summed E-state index contributed by atoms with van der Waals surface area (Å²) in [5, 5.41) is 4.01. The summed E-state index contributed by atoms with van der Waals surface area (Å²) >= 11 is 0. The molecule has 100 valence electrons. The van der Waals surface area contributed by atoms with Gasteiger partial charge in [0.2, 0.25) is 0 Å². The van der Waals surface area contributed by atoms with Crippen molar-refractivity contribution in [1.82, 2.24) is 9.78 Å². The van der Waals surface area contributed by atoms with Gasteiger partial charge in [0.15, 0.2) is 0 Å². The Morgan fingerprint density at radius 2 is 1.84 bits per heavy atom. The predicted octanol–water partition coefficient (Wildman–Crippen LogP) is 2.92. The fourth-order valence-corrected chi connectivity index (χ4v) is 1.56. The van der Waals surface area contributed by atoms with Crippen LogP contribution in [0.3, 0.4) is 0 Å². The number of anilines is 1. The van der Waals surface area contributed by atoms with Gasteiger partial charge < -0.3 is 10.5 Å². The molecular weight excluding hydrogens is 242 g/mol. The quantitative estimate of drug-likeness (QED) is 0.799. The van der Waals surface area contributed by atoms with Gasteiger partial charge in [0.05, 0.1) is 6.20 Å². The van der Waals surface area contributed by atoms with E-state index >= 15 is 0 Å². The number of carbonyl (C=O) groups is 1. The molecule has 2 aromatic rings. The third-order valence-electron chi connectivity index (χ3n) is 2.41. The fourth-order valence-electron chi connectivity index (χ4n) is 1.56. The van der Waals surface area contributed by atoms with E-state index in [1.807, 2.05) is 32.9 Å². The van der Waals surface area contributed by atoms with Gasteiger partial charge in [-0.25, -0.2) is 4.79 Å². The minimum absolute atomic E-state index is 0.491. The molecule has 5 heteroatoms. The molecule has 0 aliphatic heterocycles. The standard InChI is InChI=1S/C14H17N3O2/c1-14(2,3)19-13(18)17-9-11(8-16-17)10-4-6-12(15)7-5-10/h4-9H,15H2,1-3H3. The average Bonchev–Trinajstić information content (AvgIpc) is 2.77. The van der Waals surface area contributed by atoms with E-state index in [1.54, 1.807) is 24.5 Å². The minimum atomic E-state index is -0.537. The maximum absolute atomic E-state index is 11.8. The molecule has 5 nitrogen and oxygen atoms in total. The van der Waals surface area contributed by atoms with E-state index in [2.05, 4.69) is 5.10 Å². The summed E-state index contributed by atoms with van der Waals surface area (Å²) in [5.74, 6) is 0. The van der Waals surface area contributed by atoms with Gasteiger partial charge in [-0.3, -0.25) is 0 Å². The molecule has 0 aliphatic rings. The second-order valence-corrected chi connectivity index (χ2v) is 5.28. The number of benzene rings is 1. The van der Waals surface area contributed by atoms with Crippen molar-refractivity contribution >= 4 is 11.8 Å². The molecule has 0 atom stereocenters. The van der Waals surface area contributed by atoms with Crippen LogP contribution in [0.25, 0.3) is 11.1 Å². The highest BCUT2D eigenvalue weighted by atomic mass is 16.6. The first-order chi connectivity index (χ1) is 8.85. The van der Waals surface area contributed by atoms with Crippen LogP contribution >= 0.6 is 0 Å². The summed E-state index contributed by atoms with van der Waals surface area (Å²) < 4.78 is 6.43. The van der Waals surface area contributed by atoms with E-state index < -0.39 is 11.7 Å². The summed E-state index contributed by atoms with van der Waals surface area (Å²) in [7, 11) is 0. The third-order valence-corrected chi connectivity index (χ3v) is 2.41. The topological polar surface area (TPSA) is 70.1 Å². The van der Waals surface area contributed by atoms with Crippen LogP contribution in [0.1, 0.15) is 20.8 Å². The second-order valence-electron chi connectivity index (χ2n) is 5.28. The minimum Gasteiger partial charge on any atom is -0.442 e. The zero-order valence-electron chi connectivity index (χ0n) is 11.3. The zero-order chi connectivity index (χ0) is 14.0. The lowest BCUT2D eigenvalue weighted by molar-refractivity contribution is 0.0514. The smallest absolute Gasteiger partial charge is 0.435 e. The van der Waals surface area contributed by atoms with Crippen molar-refractivity contribution in [2.75, 3.05) is 5.73 Å². The molecule has 1 aromatic heterocycles. The van der Waals surface area contributed by atoms with Crippen LogP contribution in [-0.4, -0.2) is 21.5 Å². The number of nitrogens with zero attached hydrogens (tertiary/aromatic N) is 2. The van der Waals surface area contributed by atoms with Crippen LogP contribution in [-0.2, 0) is 4.74 Å². The number of aromatic nitrogens is 2. The molecule has 0 saturated carbocycles. The molecule has 1 heterocycles. The SMILES string of the molecule is CC(C)(C)OC(=O)n1cc(-c2ccc(N)cc2)cn1. The number of rotatable bonds is 1. The molecule has 2 rings (SSSR count). The molecule has 0 fully saturated rings. The molecule has 0 unspecified atom stereocenters. The Balaban J connectivity index is 2.19. The van der Waals surface area contributed by atoms with E-state index in [0.29, 0.717) is 5.69 Å². The van der Waals surface area contributed by atoms with Crippen molar-refractivity contribution in [2.24, 2.45) is 0 Å². The van der Waals surface area contributed by atoms with Crippen LogP contribution in [0, 0.1) is 0 Å². The number of carbonyl (C=O) groups excluding carboxylic acids is 1. The van der Waals surface area contributed by atoms with Gasteiger partial charge in [-0.1, -0.05) is 12.1 Å². The molecule has 0 saturated heterocycles. The Bertz CT molecular complexity index is 579. The molecule has 1 aromatic carbocycles. The van der Waals surface area contributed by atoms with Crippen LogP contribution in [0.4, 0.5) is 10.5 Å². The number of nitrogens with two attached hydrogens (primary N) is 1. The van der Waals surface area contributed by atoms with Crippen molar-refractivity contribution in [3.05, 3.63) is 36.7 Å². The average molecular weight is 259 g/mol. The first kappa shape index (κ1) is 13.1. The van der Waals surface area contributed by atoms with E-state index in [4.69, 9.17) is 10.5 Å². The maximum Gasteiger partial charge on any atom is 0.435 e. The van der Waals surface area contributed by atoms with Crippen molar-refractivity contribution in [1.29, 1.82) is 0 Å². The van der Waals surface area contributed by atoms with Gasteiger partial charge in [0.1, 0.15) is 5.60 Å². The first-order valence-electron chi connectivity index (χ1n) is 5.99. The predicted molar refractivity (Wildman–Crippen MR) is 73.7 cm³/mol. The van der Waals surface area contributed by atoms with Gasteiger partial charge in [0, 0.05) is 17.4 Å². The molecule has 0 amide bonds. The summed E-state index contributed by atoms with van der Waals surface area (Å²) in [6.45, 7) is 5.44. The molecule has 19 heavy (non-hydrogen) atoms. The van der Waals surface area contributed by atoms with E-state index in [9.17, 15) is 4.79 Å². The Kier molecular flexibility index (Phi) is 3.29. The summed E-state index contributed by atoms with van der Waals surface area (Å²) in [6, 6.07) is 7.37. The zero-order valence-corrected chi connectivity index (χ0v) is 11.3. The maximum atomic E-state index is 11.8. The number of hydrogen-bond donors (Lipinski definition) is 1. The van der Waals surface area contributed by atoms with Gasteiger partial charge in [-0.15, -0.1) is 0 Å². The molecule has 0 radical (unpaired) electrons. The largest absolute Gasteiger partial charge is 0.442 e. The molecule has 0 spiro atoms. The Morgan fingerprint density at radius 3 is 2.42 bits per heavy atom. The normalized spacial score (nSPS) is 11.3. The summed E-state index contributed by atoms with van der Waals surface area (Å²) in [4.78, 5) is 11.8. The molecule has 0 aliphatic carbocycles. The van der Waals surface area contributed by atoms with E-state index in [0.717, 1.165) is 11.1 Å². The third kappa shape index (κ3) is 3.34. The van der Waals surface area contributed by atoms with Crippen LogP contribution < -0.4 is 5.73 Å². The number of nitrogen functional groups attached to an aromatic ring is 1. The van der Waals surface area contributed by atoms with Crippen LogP contribution in [0.15, 0.2) is 36.7 Å². The Morgan fingerprint density at radius 1 is 1.21 bits per heavy atom. The van der Waals surface area contributed by atoms with Crippen molar-refractivity contribution < 1.29 is 9.53 Å². The Hall–Kier alpha value is -2.30. The van der Waals surface area contributed by atoms with Gasteiger partial charge in [-0.2, -0.15) is 9.78 Å². The van der Waals surface area contributed by atoms with Crippen LogP contribution in [0.5, 0.6) is 0 Å². The molecule has 0 bridgehead atoms. The highest BCUT2D eigenvalue weighted by Gasteiger charge is 2.18. The van der Waals surface area contributed by atoms with Crippen LogP contribution in [0.2, 0.25) is 0 Å². The fraction of sp³-hybridized carbons (Fsp3) is 0.286. The van der Waals surface area contributed by atoms with Gasteiger partial charge >= 0.3 is 6.09 Å². The van der Waals surface area contributed by atoms with Crippen molar-refractivity contribution in [3.63, 3.8) is 0 Å². The summed E-state index contributed by atoms with van der Waals surface area (Å²) in [5.41, 5.74) is 7.58. The number of ether oxygens (including phenoxy) is 1. The first-order valence-corrected chi connectivity index (χ1v) is 5.99. The second kappa shape index (κ2) is 4.76. The van der Waals surface area contributed by atoms with Crippen molar-refractivity contribution in [3.8, 4) is 11.1 Å². The molecular formula is C14H17N3O2. The molecule has 2 N–H and O–H groups in total. The Labute approximate surface area is 112 Å². The van der Waals surface area contributed by atoms with E-state index in [1.165, 1.54) is 4.68 Å². The number of hydrogen-bond acceptors (Lipinski definition) is 4. The lowest BCUT2D eigenvalue weighted by atomic mass is 10.1. The van der Waals surface area contributed by atoms with Gasteiger partial charge in [0.25, 0.3) is 0 Å².